The molecule has 0 fully saturated rings. The van der Waals surface area contributed by atoms with Crippen LogP contribution in [0.1, 0.15) is 31.7 Å². The molecule has 0 radical (unpaired) electrons. The second-order valence-corrected chi connectivity index (χ2v) is 4.23. The molecule has 0 amide bonds. The number of benzene rings is 1. The molecule has 0 aliphatic carbocycles. The lowest BCUT2D eigenvalue weighted by Gasteiger charge is -2.13. The van der Waals surface area contributed by atoms with Crippen molar-refractivity contribution in [2.45, 2.75) is 26.2 Å². The van der Waals surface area contributed by atoms with Gasteiger partial charge in [-0.1, -0.05) is 32.0 Å². The quantitative estimate of drug-likeness (QED) is 0.818. The minimum Gasteiger partial charge on any atom is -0.384 e. The van der Waals surface area contributed by atoms with E-state index in [0.717, 1.165) is 18.7 Å². The molecule has 1 N–H and O–H groups in total. The Hall–Kier alpha value is -1.31. The lowest BCUT2D eigenvalue weighted by molar-refractivity contribution is -0.123. The van der Waals surface area contributed by atoms with E-state index in [-0.39, 0.29) is 11.8 Å². The summed E-state index contributed by atoms with van der Waals surface area (Å²) >= 11 is 0. The zero-order valence-corrected chi connectivity index (χ0v) is 9.29. The maximum absolute atomic E-state index is 12.1. The van der Waals surface area contributed by atoms with Gasteiger partial charge in [0.05, 0.1) is 5.92 Å². The Kier molecular flexibility index (Phi) is 2.76. The number of rotatable bonds is 3. The zero-order chi connectivity index (χ0) is 10.8. The van der Waals surface area contributed by atoms with Gasteiger partial charge in [-0.2, -0.15) is 0 Å². The van der Waals surface area contributed by atoms with Crippen molar-refractivity contribution >= 4 is 11.5 Å². The van der Waals surface area contributed by atoms with E-state index in [1.54, 1.807) is 0 Å². The maximum atomic E-state index is 12.1. The fourth-order valence-electron chi connectivity index (χ4n) is 2.08. The Labute approximate surface area is 90.7 Å². The predicted molar refractivity (Wildman–Crippen MR) is 62.1 cm³/mol. The van der Waals surface area contributed by atoms with Crippen LogP contribution in [0.2, 0.25) is 0 Å². The highest BCUT2D eigenvalue weighted by molar-refractivity contribution is 5.91. The van der Waals surface area contributed by atoms with Gasteiger partial charge in [-0.15, -0.1) is 0 Å². The van der Waals surface area contributed by atoms with Crippen LogP contribution in [-0.4, -0.2) is 12.3 Å². The van der Waals surface area contributed by atoms with Crippen LogP contribution in [0.4, 0.5) is 5.69 Å². The Morgan fingerprint density at radius 1 is 1.53 bits per heavy atom. The second kappa shape index (κ2) is 4.05. The molecular weight excluding hydrogens is 186 g/mol. The molecule has 2 atom stereocenters. The smallest absolute Gasteiger partial charge is 0.144 e. The van der Waals surface area contributed by atoms with Crippen molar-refractivity contribution in [1.82, 2.24) is 0 Å². The van der Waals surface area contributed by atoms with Crippen LogP contribution in [0.5, 0.6) is 0 Å². The summed E-state index contributed by atoms with van der Waals surface area (Å²) in [5, 5.41) is 3.29. The number of nitrogens with one attached hydrogen (secondary N) is 1. The lowest BCUT2D eigenvalue weighted by Crippen LogP contribution is -2.21. The molecule has 1 aliphatic rings. The predicted octanol–water partition coefficient (Wildman–Crippen LogP) is 2.81. The number of fused-ring (bicyclic) bond motifs is 1. The molecule has 0 spiro atoms. The van der Waals surface area contributed by atoms with E-state index in [1.807, 2.05) is 25.1 Å². The minimum atomic E-state index is 0.0659. The van der Waals surface area contributed by atoms with E-state index >= 15 is 0 Å². The summed E-state index contributed by atoms with van der Waals surface area (Å²) in [6.45, 7) is 4.85. The van der Waals surface area contributed by atoms with Crippen LogP contribution in [-0.2, 0) is 4.79 Å². The van der Waals surface area contributed by atoms with Crippen molar-refractivity contribution in [2.24, 2.45) is 5.92 Å². The van der Waals surface area contributed by atoms with E-state index < -0.39 is 0 Å². The van der Waals surface area contributed by atoms with Crippen molar-refractivity contribution in [1.29, 1.82) is 0 Å². The van der Waals surface area contributed by atoms with Crippen LogP contribution in [0.15, 0.2) is 24.3 Å². The fraction of sp³-hybridized carbons (Fsp3) is 0.462. The lowest BCUT2D eigenvalue weighted by atomic mass is 9.88. The molecule has 0 bridgehead atoms. The molecule has 0 saturated heterocycles. The Bertz CT molecular complexity index is 373. The topological polar surface area (TPSA) is 29.1 Å². The Balaban J connectivity index is 2.24. The molecule has 1 aromatic carbocycles. The monoisotopic (exact) mass is 203 g/mol. The summed E-state index contributed by atoms with van der Waals surface area (Å²) in [7, 11) is 0. The van der Waals surface area contributed by atoms with Gasteiger partial charge in [0.2, 0.25) is 0 Å². The number of hydrogen-bond acceptors (Lipinski definition) is 2. The van der Waals surface area contributed by atoms with Crippen molar-refractivity contribution in [3.8, 4) is 0 Å². The average Bonchev–Trinajstić information content (AvgIpc) is 2.70. The van der Waals surface area contributed by atoms with Crippen LogP contribution >= 0.6 is 0 Å². The van der Waals surface area contributed by atoms with E-state index in [9.17, 15) is 4.79 Å². The van der Waals surface area contributed by atoms with Gasteiger partial charge in [-0.25, -0.2) is 0 Å². The minimum absolute atomic E-state index is 0.0659. The van der Waals surface area contributed by atoms with Crippen molar-refractivity contribution < 1.29 is 4.79 Å². The van der Waals surface area contributed by atoms with E-state index in [4.69, 9.17) is 0 Å². The second-order valence-electron chi connectivity index (χ2n) is 4.23. The molecule has 1 aromatic rings. The molecule has 2 rings (SSSR count). The number of hydrogen-bond donors (Lipinski definition) is 1. The van der Waals surface area contributed by atoms with Gasteiger partial charge in [-0.3, -0.25) is 4.79 Å². The highest BCUT2D eigenvalue weighted by Crippen LogP contribution is 2.33. The van der Waals surface area contributed by atoms with Crippen LogP contribution in [0, 0.1) is 5.92 Å². The molecule has 1 aliphatic heterocycles. The molecule has 2 unspecified atom stereocenters. The highest BCUT2D eigenvalue weighted by Gasteiger charge is 2.30. The summed E-state index contributed by atoms with van der Waals surface area (Å²) < 4.78 is 0. The van der Waals surface area contributed by atoms with Crippen LogP contribution in [0.3, 0.4) is 0 Å². The van der Waals surface area contributed by atoms with Gasteiger partial charge < -0.3 is 5.32 Å². The van der Waals surface area contributed by atoms with Gasteiger partial charge in [0.1, 0.15) is 5.78 Å². The van der Waals surface area contributed by atoms with E-state index in [1.165, 1.54) is 5.56 Å². The van der Waals surface area contributed by atoms with E-state index in [0.29, 0.717) is 5.78 Å². The summed E-state index contributed by atoms with van der Waals surface area (Å²) in [5.41, 5.74) is 2.29. The Morgan fingerprint density at radius 3 is 3.00 bits per heavy atom. The van der Waals surface area contributed by atoms with Gasteiger partial charge >= 0.3 is 0 Å². The third-order valence-corrected chi connectivity index (χ3v) is 3.27. The zero-order valence-electron chi connectivity index (χ0n) is 9.29. The van der Waals surface area contributed by atoms with Gasteiger partial charge in [0.15, 0.2) is 0 Å². The largest absolute Gasteiger partial charge is 0.384 e. The summed E-state index contributed by atoms with van der Waals surface area (Å²) in [5.74, 6) is 0.606. The van der Waals surface area contributed by atoms with Gasteiger partial charge in [0, 0.05) is 18.2 Å². The average molecular weight is 203 g/mol. The number of para-hydroxylation sites is 1. The third-order valence-electron chi connectivity index (χ3n) is 3.27. The maximum Gasteiger partial charge on any atom is 0.144 e. The molecule has 2 heteroatoms. The molecule has 1 heterocycles. The molecule has 0 aromatic heterocycles. The number of ketones is 1. The third kappa shape index (κ3) is 1.76. The number of carbonyl (C=O) groups is 1. The van der Waals surface area contributed by atoms with Crippen molar-refractivity contribution in [3.63, 3.8) is 0 Å². The van der Waals surface area contributed by atoms with Crippen molar-refractivity contribution in [3.05, 3.63) is 29.8 Å². The number of Topliss-reactive ketones (excluding diaryl/α,β-unsaturated/α-hetero) is 1. The molecule has 15 heavy (non-hydrogen) atoms. The first-order valence-corrected chi connectivity index (χ1v) is 5.60. The van der Waals surface area contributed by atoms with Crippen LogP contribution < -0.4 is 5.32 Å². The van der Waals surface area contributed by atoms with Crippen LogP contribution in [0.25, 0.3) is 0 Å². The van der Waals surface area contributed by atoms with Crippen molar-refractivity contribution in [2.75, 3.05) is 11.9 Å². The first kappa shape index (κ1) is 10.2. The number of anilines is 1. The fourth-order valence-corrected chi connectivity index (χ4v) is 2.08. The van der Waals surface area contributed by atoms with Gasteiger partial charge in [-0.05, 0) is 18.1 Å². The SMILES string of the molecule is CCC(C)C(=O)C1CNc2ccccc21. The number of carbonyl (C=O) groups excluding carboxylic acids is 1. The first-order valence-electron chi connectivity index (χ1n) is 5.60. The molecule has 2 nitrogen and oxygen atoms in total. The summed E-state index contributed by atoms with van der Waals surface area (Å²) in [6, 6.07) is 8.10. The van der Waals surface area contributed by atoms with Gasteiger partial charge in [0.25, 0.3) is 0 Å². The standard InChI is InChI=1S/C13H17NO/c1-3-9(2)13(15)11-8-14-12-7-5-4-6-10(11)12/h4-7,9,11,14H,3,8H2,1-2H3. The first-order chi connectivity index (χ1) is 7.24. The normalized spacial score (nSPS) is 20.5. The summed E-state index contributed by atoms with van der Waals surface area (Å²) in [6.07, 6.45) is 0.928. The summed E-state index contributed by atoms with van der Waals surface area (Å²) in [4.78, 5) is 12.1. The molecule has 0 saturated carbocycles. The van der Waals surface area contributed by atoms with E-state index in [2.05, 4.69) is 18.3 Å². The molecule has 80 valence electrons. The molecular formula is C13H17NO. The highest BCUT2D eigenvalue weighted by atomic mass is 16.1. The Morgan fingerprint density at radius 2 is 2.27 bits per heavy atom.